The van der Waals surface area contributed by atoms with E-state index in [1.54, 1.807) is 12.1 Å². The summed E-state index contributed by atoms with van der Waals surface area (Å²) in [6.07, 6.45) is 5.01. The molecule has 0 radical (unpaired) electrons. The predicted octanol–water partition coefficient (Wildman–Crippen LogP) is 5.05. The fourth-order valence-electron chi connectivity index (χ4n) is 2.79. The molecule has 1 aromatic rings. The average Bonchev–Trinajstić information content (AvgIpc) is 2.58. The van der Waals surface area contributed by atoms with E-state index in [0.29, 0.717) is 18.0 Å². The number of hydrogen-bond acceptors (Lipinski definition) is 4. The first-order valence-electron chi connectivity index (χ1n) is 9.42. The number of alkyl carbamates (subject to hydrolysis) is 1. The molecule has 1 unspecified atom stereocenters. The van der Waals surface area contributed by atoms with Crippen molar-refractivity contribution in [1.29, 1.82) is 0 Å². The summed E-state index contributed by atoms with van der Waals surface area (Å²) in [5.74, 6) is 0.00820. The Kier molecular flexibility index (Phi) is 9.17. The zero-order valence-electron chi connectivity index (χ0n) is 16.8. The summed E-state index contributed by atoms with van der Waals surface area (Å²) < 4.78 is 10.0. The SMILES string of the molecule is CCCCCC(CCNC(=O)OC(C)(C)C)c1ccc(C(=O)OC)cc1. The summed E-state index contributed by atoms with van der Waals surface area (Å²) in [6.45, 7) is 8.30. The zero-order chi connectivity index (χ0) is 19.6. The van der Waals surface area contributed by atoms with Crippen LogP contribution in [-0.4, -0.2) is 31.3 Å². The Morgan fingerprint density at radius 3 is 2.27 bits per heavy atom. The molecule has 0 aliphatic rings. The molecule has 1 rings (SSSR count). The number of amides is 1. The molecule has 0 spiro atoms. The number of methoxy groups -OCH3 is 1. The molecule has 146 valence electrons. The molecular formula is C21H33NO4. The summed E-state index contributed by atoms with van der Waals surface area (Å²) in [5.41, 5.74) is 1.24. The van der Waals surface area contributed by atoms with E-state index in [0.717, 1.165) is 19.3 Å². The fourth-order valence-corrected chi connectivity index (χ4v) is 2.79. The number of carbonyl (C=O) groups excluding carboxylic acids is 2. The lowest BCUT2D eigenvalue weighted by atomic mass is 9.90. The van der Waals surface area contributed by atoms with Gasteiger partial charge in [-0.05, 0) is 57.2 Å². The molecule has 0 heterocycles. The molecule has 1 amide bonds. The molecule has 0 fully saturated rings. The molecule has 0 saturated heterocycles. The number of unbranched alkanes of at least 4 members (excludes halogenated alkanes) is 2. The first-order valence-corrected chi connectivity index (χ1v) is 9.42. The van der Waals surface area contributed by atoms with Crippen molar-refractivity contribution in [3.63, 3.8) is 0 Å². The molecule has 26 heavy (non-hydrogen) atoms. The third kappa shape index (κ3) is 8.37. The van der Waals surface area contributed by atoms with Crippen LogP contribution in [0.1, 0.15) is 81.6 Å². The van der Waals surface area contributed by atoms with Gasteiger partial charge in [-0.25, -0.2) is 9.59 Å². The smallest absolute Gasteiger partial charge is 0.407 e. The van der Waals surface area contributed by atoms with Gasteiger partial charge in [0, 0.05) is 6.54 Å². The second-order valence-electron chi connectivity index (χ2n) is 7.52. The molecule has 5 nitrogen and oxygen atoms in total. The van der Waals surface area contributed by atoms with Gasteiger partial charge in [0.05, 0.1) is 12.7 Å². The first-order chi connectivity index (χ1) is 12.3. The van der Waals surface area contributed by atoms with Gasteiger partial charge in [0.15, 0.2) is 0 Å². The number of ether oxygens (including phenoxy) is 2. The highest BCUT2D eigenvalue weighted by atomic mass is 16.6. The second-order valence-corrected chi connectivity index (χ2v) is 7.52. The Labute approximate surface area is 157 Å². The van der Waals surface area contributed by atoms with Gasteiger partial charge in [0.2, 0.25) is 0 Å². The van der Waals surface area contributed by atoms with Crippen molar-refractivity contribution in [2.45, 2.75) is 71.3 Å². The standard InChI is InChI=1S/C21H33NO4/c1-6-7-8-9-16(14-15-22-20(24)26-21(2,3)4)17-10-12-18(13-11-17)19(23)25-5/h10-13,16H,6-9,14-15H2,1-5H3,(H,22,24). The molecule has 0 aliphatic carbocycles. The molecule has 1 atom stereocenters. The van der Waals surface area contributed by atoms with E-state index in [9.17, 15) is 9.59 Å². The lowest BCUT2D eigenvalue weighted by molar-refractivity contribution is 0.0524. The maximum absolute atomic E-state index is 11.8. The van der Waals surface area contributed by atoms with E-state index in [2.05, 4.69) is 12.2 Å². The van der Waals surface area contributed by atoms with E-state index in [1.807, 2.05) is 32.9 Å². The molecule has 0 bridgehead atoms. The maximum Gasteiger partial charge on any atom is 0.407 e. The Bertz CT molecular complexity index is 560. The van der Waals surface area contributed by atoms with Crippen LogP contribution >= 0.6 is 0 Å². The summed E-state index contributed by atoms with van der Waals surface area (Å²) in [7, 11) is 1.38. The van der Waals surface area contributed by atoms with E-state index in [-0.39, 0.29) is 12.1 Å². The second kappa shape index (κ2) is 10.8. The average molecular weight is 363 g/mol. The summed E-state index contributed by atoms with van der Waals surface area (Å²) >= 11 is 0. The van der Waals surface area contributed by atoms with Crippen LogP contribution in [0.25, 0.3) is 0 Å². The number of benzene rings is 1. The van der Waals surface area contributed by atoms with Crippen molar-refractivity contribution >= 4 is 12.1 Å². The van der Waals surface area contributed by atoms with Crippen LogP contribution in [0.5, 0.6) is 0 Å². The predicted molar refractivity (Wildman–Crippen MR) is 104 cm³/mol. The third-order valence-electron chi connectivity index (χ3n) is 4.12. The Balaban J connectivity index is 2.66. The van der Waals surface area contributed by atoms with Crippen LogP contribution in [0.4, 0.5) is 4.79 Å². The van der Waals surface area contributed by atoms with Crippen molar-refractivity contribution in [2.24, 2.45) is 0 Å². The highest BCUT2D eigenvalue weighted by Crippen LogP contribution is 2.26. The molecule has 0 aliphatic heterocycles. The molecule has 0 aromatic heterocycles. The number of carbonyl (C=O) groups is 2. The van der Waals surface area contributed by atoms with Crippen LogP contribution in [0, 0.1) is 0 Å². The van der Waals surface area contributed by atoms with E-state index in [1.165, 1.54) is 25.5 Å². The number of esters is 1. The molecular weight excluding hydrogens is 330 g/mol. The van der Waals surface area contributed by atoms with Gasteiger partial charge in [-0.2, -0.15) is 0 Å². The minimum atomic E-state index is -0.492. The first kappa shape index (κ1) is 22.0. The Morgan fingerprint density at radius 1 is 1.08 bits per heavy atom. The summed E-state index contributed by atoms with van der Waals surface area (Å²) in [5, 5.41) is 2.83. The van der Waals surface area contributed by atoms with E-state index in [4.69, 9.17) is 9.47 Å². The van der Waals surface area contributed by atoms with E-state index >= 15 is 0 Å². The van der Waals surface area contributed by atoms with Crippen molar-refractivity contribution in [3.8, 4) is 0 Å². The minimum absolute atomic E-state index is 0.328. The lowest BCUT2D eigenvalue weighted by Crippen LogP contribution is -2.33. The van der Waals surface area contributed by atoms with Crippen molar-refractivity contribution < 1.29 is 19.1 Å². The maximum atomic E-state index is 11.8. The largest absolute Gasteiger partial charge is 0.465 e. The lowest BCUT2D eigenvalue weighted by Gasteiger charge is -2.21. The van der Waals surface area contributed by atoms with Gasteiger partial charge in [-0.15, -0.1) is 0 Å². The topological polar surface area (TPSA) is 64.6 Å². The highest BCUT2D eigenvalue weighted by molar-refractivity contribution is 5.89. The molecule has 1 N–H and O–H groups in total. The quantitative estimate of drug-likeness (QED) is 0.492. The van der Waals surface area contributed by atoms with Gasteiger partial charge in [0.1, 0.15) is 5.60 Å². The van der Waals surface area contributed by atoms with Crippen LogP contribution < -0.4 is 5.32 Å². The Hall–Kier alpha value is -2.04. The number of hydrogen-bond donors (Lipinski definition) is 1. The van der Waals surface area contributed by atoms with Crippen LogP contribution in [0.3, 0.4) is 0 Å². The van der Waals surface area contributed by atoms with Gasteiger partial charge in [-0.1, -0.05) is 38.3 Å². The minimum Gasteiger partial charge on any atom is -0.465 e. The van der Waals surface area contributed by atoms with Crippen molar-refractivity contribution in [1.82, 2.24) is 5.32 Å². The summed E-state index contributed by atoms with van der Waals surface area (Å²) in [4.78, 5) is 23.4. The monoisotopic (exact) mass is 363 g/mol. The van der Waals surface area contributed by atoms with Crippen LogP contribution in [0.2, 0.25) is 0 Å². The molecule has 5 heteroatoms. The number of rotatable bonds is 9. The van der Waals surface area contributed by atoms with Crippen molar-refractivity contribution in [3.05, 3.63) is 35.4 Å². The van der Waals surface area contributed by atoms with Gasteiger partial charge in [-0.3, -0.25) is 0 Å². The highest BCUT2D eigenvalue weighted by Gasteiger charge is 2.17. The third-order valence-corrected chi connectivity index (χ3v) is 4.12. The van der Waals surface area contributed by atoms with Crippen molar-refractivity contribution in [2.75, 3.05) is 13.7 Å². The normalized spacial score (nSPS) is 12.3. The Morgan fingerprint density at radius 2 is 1.73 bits per heavy atom. The molecule has 1 aromatic carbocycles. The van der Waals surface area contributed by atoms with Gasteiger partial charge < -0.3 is 14.8 Å². The van der Waals surface area contributed by atoms with Crippen LogP contribution in [-0.2, 0) is 9.47 Å². The molecule has 0 saturated carbocycles. The summed E-state index contributed by atoms with van der Waals surface area (Å²) in [6, 6.07) is 7.57. The number of nitrogens with one attached hydrogen (secondary N) is 1. The van der Waals surface area contributed by atoms with Gasteiger partial charge >= 0.3 is 12.1 Å². The zero-order valence-corrected chi connectivity index (χ0v) is 16.8. The van der Waals surface area contributed by atoms with Crippen LogP contribution in [0.15, 0.2) is 24.3 Å². The van der Waals surface area contributed by atoms with Gasteiger partial charge in [0.25, 0.3) is 0 Å². The van der Waals surface area contributed by atoms with E-state index < -0.39 is 5.60 Å². The fraction of sp³-hybridized carbons (Fsp3) is 0.619.